The largest absolute Gasteiger partial charge is 0.459 e. The molecule has 2 nitrogen and oxygen atoms in total. The number of ether oxygens (including phenoxy) is 1. The van der Waals surface area contributed by atoms with Crippen molar-refractivity contribution in [3.63, 3.8) is 0 Å². The van der Waals surface area contributed by atoms with Gasteiger partial charge in [0.2, 0.25) is 0 Å². The van der Waals surface area contributed by atoms with Gasteiger partial charge in [0.05, 0.1) is 0 Å². The Balaban J connectivity index is 3.48. The summed E-state index contributed by atoms with van der Waals surface area (Å²) in [5.41, 5.74) is 0. The highest BCUT2D eigenvalue weighted by Gasteiger charge is 1.98. The van der Waals surface area contributed by atoms with Crippen LogP contribution in [0.3, 0.4) is 0 Å². The Hall–Kier alpha value is -1.23. The van der Waals surface area contributed by atoms with Gasteiger partial charge < -0.3 is 4.74 Å². The number of allylic oxidation sites excluding steroid dienone is 1. The fourth-order valence-corrected chi connectivity index (χ4v) is 0.911. The summed E-state index contributed by atoms with van der Waals surface area (Å²) < 4.78 is 4.89. The van der Waals surface area contributed by atoms with Crippen LogP contribution in [0.1, 0.15) is 33.1 Å². The molecule has 1 atom stereocenters. The van der Waals surface area contributed by atoms with Crippen molar-refractivity contribution in [2.24, 2.45) is 0 Å². The van der Waals surface area contributed by atoms with E-state index >= 15 is 0 Å². The molecule has 0 amide bonds. The first kappa shape index (κ1) is 11.8. The molecule has 0 aliphatic carbocycles. The normalized spacial score (nSPS) is 12.4. The maximum Gasteiger partial charge on any atom is 0.303 e. The van der Waals surface area contributed by atoms with E-state index in [4.69, 9.17) is 11.2 Å². The highest BCUT2D eigenvalue weighted by Crippen LogP contribution is 1.99. The van der Waals surface area contributed by atoms with Crippen LogP contribution in [0.2, 0.25) is 0 Å². The summed E-state index contributed by atoms with van der Waals surface area (Å²) in [5.74, 6) is 2.32. The van der Waals surface area contributed by atoms with Crippen LogP contribution in [0.15, 0.2) is 12.2 Å². The zero-order valence-electron chi connectivity index (χ0n) is 8.25. The van der Waals surface area contributed by atoms with Crippen molar-refractivity contribution in [2.75, 3.05) is 0 Å². The van der Waals surface area contributed by atoms with Gasteiger partial charge in [-0.3, -0.25) is 4.79 Å². The predicted octanol–water partition coefficient (Wildman–Crippen LogP) is 2.30. The van der Waals surface area contributed by atoms with Gasteiger partial charge in [0, 0.05) is 13.3 Å². The molecular weight excluding hydrogens is 164 g/mol. The Morgan fingerprint density at radius 1 is 1.69 bits per heavy atom. The molecule has 0 saturated heterocycles. The van der Waals surface area contributed by atoms with Crippen LogP contribution in [-0.4, -0.2) is 12.1 Å². The zero-order chi connectivity index (χ0) is 10.1. The first-order valence-electron chi connectivity index (χ1n) is 4.44. The molecule has 1 unspecified atom stereocenters. The number of terminal acetylenes is 1. The minimum Gasteiger partial charge on any atom is -0.459 e. The molecule has 0 spiro atoms. The standard InChI is InChI=1S/C11H16O2/c1-4-5-6-7-8-9-10(2)13-11(3)12/h1,8-10H,5-7H2,2-3H3/b9-8+. The SMILES string of the molecule is C#CCCC/C=C/C(C)OC(C)=O. The van der Waals surface area contributed by atoms with E-state index in [0.717, 1.165) is 19.3 Å². The number of carbonyl (C=O) groups is 1. The number of unbranched alkanes of at least 4 members (excludes halogenated alkanes) is 2. The van der Waals surface area contributed by atoms with Crippen molar-refractivity contribution in [3.8, 4) is 12.3 Å². The van der Waals surface area contributed by atoms with Crippen molar-refractivity contribution in [3.05, 3.63) is 12.2 Å². The summed E-state index contributed by atoms with van der Waals surface area (Å²) in [7, 11) is 0. The van der Waals surface area contributed by atoms with E-state index in [9.17, 15) is 4.79 Å². The van der Waals surface area contributed by atoms with Gasteiger partial charge in [-0.2, -0.15) is 0 Å². The minimum absolute atomic E-state index is 0.136. The van der Waals surface area contributed by atoms with Crippen molar-refractivity contribution in [1.29, 1.82) is 0 Å². The van der Waals surface area contributed by atoms with Gasteiger partial charge >= 0.3 is 5.97 Å². The molecule has 0 radical (unpaired) electrons. The van der Waals surface area contributed by atoms with Crippen molar-refractivity contribution >= 4 is 5.97 Å². The fraction of sp³-hybridized carbons (Fsp3) is 0.545. The van der Waals surface area contributed by atoms with Crippen LogP contribution >= 0.6 is 0 Å². The lowest BCUT2D eigenvalue weighted by Crippen LogP contribution is -2.08. The third-order valence-electron chi connectivity index (χ3n) is 1.45. The Morgan fingerprint density at radius 3 is 2.92 bits per heavy atom. The van der Waals surface area contributed by atoms with Gasteiger partial charge in [0.25, 0.3) is 0 Å². The summed E-state index contributed by atoms with van der Waals surface area (Å²) in [4.78, 5) is 10.5. The summed E-state index contributed by atoms with van der Waals surface area (Å²) in [5, 5.41) is 0. The number of carbonyl (C=O) groups excluding carboxylic acids is 1. The minimum atomic E-state index is -0.249. The highest BCUT2D eigenvalue weighted by molar-refractivity contribution is 5.66. The monoisotopic (exact) mass is 180 g/mol. The van der Waals surface area contributed by atoms with E-state index < -0.39 is 0 Å². The Bertz CT molecular complexity index is 211. The molecule has 0 rings (SSSR count). The van der Waals surface area contributed by atoms with E-state index in [1.54, 1.807) is 0 Å². The predicted molar refractivity (Wildman–Crippen MR) is 53.1 cm³/mol. The highest BCUT2D eigenvalue weighted by atomic mass is 16.5. The molecule has 0 bridgehead atoms. The lowest BCUT2D eigenvalue weighted by Gasteiger charge is -2.05. The molecule has 0 saturated carbocycles. The van der Waals surface area contributed by atoms with E-state index in [0.29, 0.717) is 0 Å². The molecule has 0 heterocycles. The molecule has 13 heavy (non-hydrogen) atoms. The van der Waals surface area contributed by atoms with Gasteiger partial charge in [0.15, 0.2) is 0 Å². The number of rotatable bonds is 5. The van der Waals surface area contributed by atoms with Gasteiger partial charge in [-0.05, 0) is 25.8 Å². The molecule has 0 aliphatic rings. The smallest absolute Gasteiger partial charge is 0.303 e. The van der Waals surface area contributed by atoms with Crippen molar-refractivity contribution < 1.29 is 9.53 Å². The average Bonchev–Trinajstić information content (AvgIpc) is 2.02. The van der Waals surface area contributed by atoms with Crippen LogP contribution in [0.5, 0.6) is 0 Å². The van der Waals surface area contributed by atoms with E-state index in [1.165, 1.54) is 6.92 Å². The fourth-order valence-electron chi connectivity index (χ4n) is 0.911. The van der Waals surface area contributed by atoms with Gasteiger partial charge in [-0.25, -0.2) is 0 Å². The molecular formula is C11H16O2. The van der Waals surface area contributed by atoms with Crippen LogP contribution in [0, 0.1) is 12.3 Å². The molecule has 0 fully saturated rings. The summed E-state index contributed by atoms with van der Waals surface area (Å²) in [6.45, 7) is 3.24. The van der Waals surface area contributed by atoms with E-state index in [-0.39, 0.29) is 12.1 Å². The molecule has 0 N–H and O–H groups in total. The second-order valence-electron chi connectivity index (χ2n) is 2.84. The molecule has 0 aromatic rings. The molecule has 0 aromatic carbocycles. The third kappa shape index (κ3) is 8.68. The quantitative estimate of drug-likeness (QED) is 0.281. The zero-order valence-corrected chi connectivity index (χ0v) is 8.25. The van der Waals surface area contributed by atoms with E-state index in [1.807, 2.05) is 19.1 Å². The molecule has 0 aromatic heterocycles. The van der Waals surface area contributed by atoms with Crippen LogP contribution < -0.4 is 0 Å². The molecule has 0 aliphatic heterocycles. The Labute approximate surface area is 80.0 Å². The second kappa shape index (κ2) is 7.42. The van der Waals surface area contributed by atoms with Gasteiger partial charge in [0.1, 0.15) is 6.10 Å². The Kier molecular flexibility index (Phi) is 6.72. The van der Waals surface area contributed by atoms with Gasteiger partial charge in [-0.1, -0.05) is 6.08 Å². The summed E-state index contributed by atoms with van der Waals surface area (Å²) >= 11 is 0. The number of hydrogen-bond acceptors (Lipinski definition) is 2. The first-order valence-corrected chi connectivity index (χ1v) is 4.44. The third-order valence-corrected chi connectivity index (χ3v) is 1.45. The number of hydrogen-bond donors (Lipinski definition) is 0. The lowest BCUT2D eigenvalue weighted by molar-refractivity contribution is -0.143. The second-order valence-corrected chi connectivity index (χ2v) is 2.84. The number of esters is 1. The van der Waals surface area contributed by atoms with Crippen LogP contribution in [-0.2, 0) is 9.53 Å². The van der Waals surface area contributed by atoms with Crippen LogP contribution in [0.25, 0.3) is 0 Å². The maximum absolute atomic E-state index is 10.5. The first-order chi connectivity index (χ1) is 6.16. The maximum atomic E-state index is 10.5. The molecule has 72 valence electrons. The molecule has 2 heteroatoms. The summed E-state index contributed by atoms with van der Waals surface area (Å²) in [6, 6.07) is 0. The van der Waals surface area contributed by atoms with E-state index in [2.05, 4.69) is 5.92 Å². The Morgan fingerprint density at radius 2 is 2.38 bits per heavy atom. The van der Waals surface area contributed by atoms with Crippen molar-refractivity contribution in [2.45, 2.75) is 39.2 Å². The average molecular weight is 180 g/mol. The van der Waals surface area contributed by atoms with Crippen molar-refractivity contribution in [1.82, 2.24) is 0 Å². The summed E-state index contributed by atoms with van der Waals surface area (Å²) in [6.07, 6.45) is 11.5. The topological polar surface area (TPSA) is 26.3 Å². The van der Waals surface area contributed by atoms with Crippen LogP contribution in [0.4, 0.5) is 0 Å². The van der Waals surface area contributed by atoms with Gasteiger partial charge in [-0.15, -0.1) is 12.3 Å². The lowest BCUT2D eigenvalue weighted by atomic mass is 10.2.